The Balaban J connectivity index is 1.48. The largest absolute Gasteiger partial charge is 0.454 e. The number of rotatable bonds is 5. The first-order valence-electron chi connectivity index (χ1n) is 7.98. The Kier molecular flexibility index (Phi) is 4.18. The third-order valence-electron chi connectivity index (χ3n) is 4.00. The lowest BCUT2D eigenvalue weighted by Gasteiger charge is -2.13. The number of hydrogen-bond donors (Lipinski definition) is 2. The minimum absolute atomic E-state index is 0.243. The fourth-order valence-electron chi connectivity index (χ4n) is 2.66. The number of aliphatic hydroxyl groups excluding tert-OH is 1. The van der Waals surface area contributed by atoms with Crippen LogP contribution in [-0.4, -0.2) is 28.4 Å². The van der Waals surface area contributed by atoms with Gasteiger partial charge in [0.1, 0.15) is 12.1 Å². The van der Waals surface area contributed by atoms with Gasteiger partial charge in [0.15, 0.2) is 11.5 Å². The van der Waals surface area contributed by atoms with E-state index in [9.17, 15) is 5.11 Å². The highest BCUT2D eigenvalue weighted by molar-refractivity contribution is 5.66. The predicted octanol–water partition coefficient (Wildman–Crippen LogP) is 3.02. The van der Waals surface area contributed by atoms with Gasteiger partial charge < -0.3 is 19.9 Å². The van der Waals surface area contributed by atoms with Crippen LogP contribution in [0.2, 0.25) is 0 Å². The second-order valence-electron chi connectivity index (χ2n) is 5.66. The number of fused-ring (bicyclic) bond motifs is 1. The van der Waals surface area contributed by atoms with E-state index in [0.717, 1.165) is 22.6 Å². The van der Waals surface area contributed by atoms with Gasteiger partial charge in [-0.05, 0) is 23.8 Å². The highest BCUT2D eigenvalue weighted by Gasteiger charge is 2.14. The van der Waals surface area contributed by atoms with Crippen molar-refractivity contribution in [1.29, 1.82) is 0 Å². The fourth-order valence-corrected chi connectivity index (χ4v) is 2.66. The third kappa shape index (κ3) is 3.39. The van der Waals surface area contributed by atoms with Gasteiger partial charge in [0.25, 0.3) is 0 Å². The minimum atomic E-state index is -0.606. The zero-order chi connectivity index (χ0) is 17.1. The molecule has 6 nitrogen and oxygen atoms in total. The van der Waals surface area contributed by atoms with Crippen molar-refractivity contribution in [2.24, 2.45) is 0 Å². The topological polar surface area (TPSA) is 76.5 Å². The van der Waals surface area contributed by atoms with Crippen molar-refractivity contribution in [3.8, 4) is 22.8 Å². The van der Waals surface area contributed by atoms with Crippen LogP contribution < -0.4 is 14.8 Å². The predicted molar refractivity (Wildman–Crippen MR) is 93.5 cm³/mol. The van der Waals surface area contributed by atoms with Gasteiger partial charge in [0.05, 0.1) is 11.8 Å². The number of nitrogens with one attached hydrogen (secondary N) is 1. The normalized spacial score (nSPS) is 13.5. The number of benzene rings is 2. The first kappa shape index (κ1) is 15.4. The van der Waals surface area contributed by atoms with Crippen LogP contribution in [0.1, 0.15) is 11.7 Å². The Bertz CT molecular complexity index is 871. The standard InChI is InChI=1S/C19H17N3O3/c23-16(13-4-2-1-3-5-13)10-20-19-9-15(21-11-22-19)14-6-7-17-18(8-14)25-12-24-17/h1-9,11,16,23H,10,12H2,(H,20,21,22). The van der Waals surface area contributed by atoms with Crippen LogP contribution in [0.3, 0.4) is 0 Å². The Morgan fingerprint density at radius 3 is 2.72 bits per heavy atom. The molecule has 1 unspecified atom stereocenters. The van der Waals surface area contributed by atoms with E-state index in [4.69, 9.17) is 9.47 Å². The summed E-state index contributed by atoms with van der Waals surface area (Å²) >= 11 is 0. The summed E-state index contributed by atoms with van der Waals surface area (Å²) in [7, 11) is 0. The smallest absolute Gasteiger partial charge is 0.231 e. The summed E-state index contributed by atoms with van der Waals surface area (Å²) in [6, 6.07) is 17.1. The Hall–Kier alpha value is -3.12. The molecule has 0 radical (unpaired) electrons. The van der Waals surface area contributed by atoms with Crippen molar-refractivity contribution in [2.75, 3.05) is 18.7 Å². The number of hydrogen-bond acceptors (Lipinski definition) is 6. The van der Waals surface area contributed by atoms with Gasteiger partial charge in [-0.15, -0.1) is 0 Å². The molecule has 0 aliphatic carbocycles. The molecule has 2 aromatic carbocycles. The lowest BCUT2D eigenvalue weighted by atomic mass is 10.1. The van der Waals surface area contributed by atoms with E-state index in [2.05, 4.69) is 15.3 Å². The molecule has 2 N–H and O–H groups in total. The van der Waals surface area contributed by atoms with Crippen molar-refractivity contribution in [3.05, 3.63) is 66.5 Å². The lowest BCUT2D eigenvalue weighted by Crippen LogP contribution is -2.13. The number of anilines is 1. The van der Waals surface area contributed by atoms with Gasteiger partial charge in [-0.25, -0.2) is 9.97 Å². The van der Waals surface area contributed by atoms with Gasteiger partial charge in [-0.2, -0.15) is 0 Å². The maximum absolute atomic E-state index is 10.2. The van der Waals surface area contributed by atoms with Gasteiger partial charge in [-0.1, -0.05) is 30.3 Å². The van der Waals surface area contributed by atoms with E-state index < -0.39 is 6.10 Å². The van der Waals surface area contributed by atoms with E-state index in [1.54, 1.807) is 0 Å². The van der Waals surface area contributed by atoms with Crippen LogP contribution in [0.15, 0.2) is 60.9 Å². The zero-order valence-electron chi connectivity index (χ0n) is 13.4. The molecule has 1 aliphatic rings. The first-order valence-corrected chi connectivity index (χ1v) is 7.98. The second kappa shape index (κ2) is 6.78. The number of ether oxygens (including phenoxy) is 2. The average molecular weight is 335 g/mol. The molecule has 0 spiro atoms. The third-order valence-corrected chi connectivity index (χ3v) is 4.00. The van der Waals surface area contributed by atoms with Crippen molar-refractivity contribution >= 4 is 5.82 Å². The molecule has 0 saturated carbocycles. The van der Waals surface area contributed by atoms with Crippen LogP contribution in [-0.2, 0) is 0 Å². The van der Waals surface area contributed by atoms with Crippen LogP contribution in [0.5, 0.6) is 11.5 Å². The molecule has 1 aliphatic heterocycles. The fraction of sp³-hybridized carbons (Fsp3) is 0.158. The highest BCUT2D eigenvalue weighted by atomic mass is 16.7. The van der Waals surface area contributed by atoms with E-state index >= 15 is 0 Å². The van der Waals surface area contributed by atoms with Gasteiger partial charge >= 0.3 is 0 Å². The van der Waals surface area contributed by atoms with Crippen molar-refractivity contribution in [2.45, 2.75) is 6.10 Å². The summed E-state index contributed by atoms with van der Waals surface area (Å²) in [5.74, 6) is 2.10. The van der Waals surface area contributed by atoms with Crippen LogP contribution >= 0.6 is 0 Å². The summed E-state index contributed by atoms with van der Waals surface area (Å²) < 4.78 is 10.7. The molecular formula is C19H17N3O3. The average Bonchev–Trinajstić information content (AvgIpc) is 3.15. The van der Waals surface area contributed by atoms with Crippen LogP contribution in [0.25, 0.3) is 11.3 Å². The van der Waals surface area contributed by atoms with Crippen LogP contribution in [0.4, 0.5) is 5.82 Å². The summed E-state index contributed by atoms with van der Waals surface area (Å²) in [6.07, 6.45) is 0.891. The zero-order valence-corrected chi connectivity index (χ0v) is 13.4. The van der Waals surface area contributed by atoms with E-state index in [1.807, 2.05) is 54.6 Å². The van der Waals surface area contributed by atoms with Gasteiger partial charge in [0.2, 0.25) is 6.79 Å². The Labute approximate surface area is 145 Å². The molecule has 2 heterocycles. The summed E-state index contributed by atoms with van der Waals surface area (Å²) in [5.41, 5.74) is 2.54. The number of nitrogens with zero attached hydrogens (tertiary/aromatic N) is 2. The van der Waals surface area contributed by atoms with E-state index in [0.29, 0.717) is 18.1 Å². The first-order chi connectivity index (χ1) is 12.3. The second-order valence-corrected chi connectivity index (χ2v) is 5.66. The summed E-state index contributed by atoms with van der Waals surface area (Å²) in [4.78, 5) is 8.52. The molecule has 25 heavy (non-hydrogen) atoms. The Morgan fingerprint density at radius 2 is 1.84 bits per heavy atom. The summed E-state index contributed by atoms with van der Waals surface area (Å²) in [5, 5.41) is 13.4. The molecule has 1 atom stereocenters. The minimum Gasteiger partial charge on any atom is -0.454 e. The van der Waals surface area contributed by atoms with Gasteiger partial charge in [0, 0.05) is 18.2 Å². The van der Waals surface area contributed by atoms with E-state index in [-0.39, 0.29) is 6.79 Å². The molecule has 0 amide bonds. The monoisotopic (exact) mass is 335 g/mol. The SMILES string of the molecule is OC(CNc1cc(-c2ccc3c(c2)OCO3)ncn1)c1ccccc1. The molecular weight excluding hydrogens is 318 g/mol. The van der Waals surface area contributed by atoms with E-state index in [1.165, 1.54) is 6.33 Å². The maximum Gasteiger partial charge on any atom is 0.231 e. The molecule has 3 aromatic rings. The number of aromatic nitrogens is 2. The molecule has 0 fully saturated rings. The molecule has 4 rings (SSSR count). The molecule has 126 valence electrons. The molecule has 6 heteroatoms. The molecule has 0 bridgehead atoms. The highest BCUT2D eigenvalue weighted by Crippen LogP contribution is 2.35. The lowest BCUT2D eigenvalue weighted by molar-refractivity contribution is 0.174. The summed E-state index contributed by atoms with van der Waals surface area (Å²) in [6.45, 7) is 0.606. The van der Waals surface area contributed by atoms with Crippen molar-refractivity contribution in [1.82, 2.24) is 9.97 Å². The van der Waals surface area contributed by atoms with Crippen molar-refractivity contribution in [3.63, 3.8) is 0 Å². The maximum atomic E-state index is 10.2. The Morgan fingerprint density at radius 1 is 1.00 bits per heavy atom. The number of aliphatic hydroxyl groups is 1. The van der Waals surface area contributed by atoms with Crippen LogP contribution in [0, 0.1) is 0 Å². The quantitative estimate of drug-likeness (QED) is 0.746. The molecule has 0 saturated heterocycles. The molecule has 1 aromatic heterocycles. The van der Waals surface area contributed by atoms with Crippen molar-refractivity contribution < 1.29 is 14.6 Å². The van der Waals surface area contributed by atoms with Gasteiger partial charge in [-0.3, -0.25) is 0 Å².